The second-order valence-electron chi connectivity index (χ2n) is 7.22. The molecule has 2 amide bonds. The molecule has 5 heteroatoms. The van der Waals surface area contributed by atoms with E-state index in [1.54, 1.807) is 4.90 Å². The smallest absolute Gasteiger partial charge is 0.324 e. The number of anilines is 1. The van der Waals surface area contributed by atoms with Crippen LogP contribution in [-0.2, 0) is 10.2 Å². The molecule has 2 aliphatic rings. The molecule has 3 rings (SSSR count). The Morgan fingerprint density at radius 3 is 2.21 bits per heavy atom. The number of amides is 2. The van der Waals surface area contributed by atoms with Gasteiger partial charge in [0.1, 0.15) is 0 Å². The molecule has 24 heavy (non-hydrogen) atoms. The summed E-state index contributed by atoms with van der Waals surface area (Å²) in [6.07, 6.45) is 4.43. The standard InChI is InChI=1S/C19H26N2O3/c1-14(2)20-12-13-21(18(20)24)16-8-6-15(7-9-16)19(17(22)23)10-4-3-5-11-19/h6-9,14H,3-5,10-13H2,1-2H3,(H,22,23). The first kappa shape index (κ1) is 16.8. The van der Waals surface area contributed by atoms with Gasteiger partial charge in [-0.1, -0.05) is 31.4 Å². The van der Waals surface area contributed by atoms with E-state index < -0.39 is 11.4 Å². The van der Waals surface area contributed by atoms with Crippen LogP contribution in [0.1, 0.15) is 51.5 Å². The molecule has 1 N–H and O–H groups in total. The van der Waals surface area contributed by atoms with Crippen molar-refractivity contribution in [1.29, 1.82) is 0 Å². The van der Waals surface area contributed by atoms with E-state index in [1.807, 2.05) is 43.0 Å². The minimum absolute atomic E-state index is 0.0309. The first-order valence-electron chi connectivity index (χ1n) is 8.88. The topological polar surface area (TPSA) is 60.9 Å². The van der Waals surface area contributed by atoms with E-state index in [2.05, 4.69) is 0 Å². The van der Waals surface area contributed by atoms with Gasteiger partial charge in [-0.3, -0.25) is 9.69 Å². The third-order valence-corrected chi connectivity index (χ3v) is 5.51. The second-order valence-corrected chi connectivity index (χ2v) is 7.22. The molecular weight excluding hydrogens is 304 g/mol. The number of carbonyl (C=O) groups excluding carboxylic acids is 1. The summed E-state index contributed by atoms with van der Waals surface area (Å²) in [7, 11) is 0. The SMILES string of the molecule is CC(C)N1CCN(c2ccc(C3(C(=O)O)CCCCC3)cc2)C1=O. The monoisotopic (exact) mass is 330 g/mol. The van der Waals surface area contributed by atoms with Gasteiger partial charge in [0.2, 0.25) is 0 Å². The van der Waals surface area contributed by atoms with Crippen LogP contribution in [0.4, 0.5) is 10.5 Å². The Balaban J connectivity index is 1.83. The van der Waals surface area contributed by atoms with E-state index in [0.717, 1.165) is 37.1 Å². The summed E-state index contributed by atoms with van der Waals surface area (Å²) < 4.78 is 0. The summed E-state index contributed by atoms with van der Waals surface area (Å²) in [6, 6.07) is 7.83. The number of hydrogen-bond acceptors (Lipinski definition) is 2. The van der Waals surface area contributed by atoms with E-state index in [0.29, 0.717) is 19.4 Å². The lowest BCUT2D eigenvalue weighted by atomic mass is 9.69. The van der Waals surface area contributed by atoms with Crippen molar-refractivity contribution >= 4 is 17.7 Å². The maximum atomic E-state index is 12.5. The number of carboxylic acids is 1. The molecule has 1 heterocycles. The summed E-state index contributed by atoms with van der Waals surface area (Å²) in [5.74, 6) is -0.724. The molecule has 1 aliphatic carbocycles. The lowest BCUT2D eigenvalue weighted by Crippen LogP contribution is -2.38. The Hall–Kier alpha value is -2.04. The Bertz CT molecular complexity index is 618. The minimum Gasteiger partial charge on any atom is -0.481 e. The molecule has 130 valence electrons. The van der Waals surface area contributed by atoms with E-state index in [1.165, 1.54) is 0 Å². The third-order valence-electron chi connectivity index (χ3n) is 5.51. The van der Waals surface area contributed by atoms with Gasteiger partial charge in [-0.05, 0) is 44.4 Å². The number of aliphatic carboxylic acids is 1. The summed E-state index contributed by atoms with van der Waals surface area (Å²) in [4.78, 5) is 28.0. The maximum absolute atomic E-state index is 12.5. The van der Waals surface area contributed by atoms with E-state index in [-0.39, 0.29) is 12.1 Å². The molecule has 1 aromatic rings. The summed E-state index contributed by atoms with van der Waals surface area (Å²) in [5.41, 5.74) is 0.963. The fourth-order valence-corrected chi connectivity index (χ4v) is 4.01. The Morgan fingerprint density at radius 1 is 1.08 bits per heavy atom. The number of nitrogens with zero attached hydrogens (tertiary/aromatic N) is 2. The van der Waals surface area contributed by atoms with Gasteiger partial charge in [-0.2, -0.15) is 0 Å². The quantitative estimate of drug-likeness (QED) is 0.917. The molecular formula is C19H26N2O3. The molecule has 5 nitrogen and oxygen atoms in total. The van der Waals surface area contributed by atoms with Gasteiger partial charge in [-0.15, -0.1) is 0 Å². The number of hydrogen-bond donors (Lipinski definition) is 1. The zero-order chi connectivity index (χ0) is 17.3. The molecule has 0 bridgehead atoms. The van der Waals surface area contributed by atoms with Crippen molar-refractivity contribution in [2.24, 2.45) is 0 Å². The highest BCUT2D eigenvalue weighted by atomic mass is 16.4. The van der Waals surface area contributed by atoms with Gasteiger partial charge >= 0.3 is 12.0 Å². The average Bonchev–Trinajstić information content (AvgIpc) is 2.97. The number of rotatable bonds is 4. The highest BCUT2D eigenvalue weighted by Gasteiger charge is 2.41. The van der Waals surface area contributed by atoms with E-state index in [9.17, 15) is 14.7 Å². The molecule has 1 aromatic carbocycles. The van der Waals surface area contributed by atoms with Crippen molar-refractivity contribution in [3.05, 3.63) is 29.8 Å². The number of benzene rings is 1. The summed E-state index contributed by atoms with van der Waals surface area (Å²) in [6.45, 7) is 5.45. The number of carbonyl (C=O) groups is 2. The highest BCUT2D eigenvalue weighted by molar-refractivity contribution is 5.94. The predicted molar refractivity (Wildman–Crippen MR) is 93.4 cm³/mol. The molecule has 0 atom stereocenters. The molecule has 1 saturated carbocycles. The lowest BCUT2D eigenvalue weighted by Gasteiger charge is -2.34. The van der Waals surface area contributed by atoms with Crippen LogP contribution in [0.2, 0.25) is 0 Å². The fourth-order valence-electron chi connectivity index (χ4n) is 4.01. The van der Waals surface area contributed by atoms with Crippen LogP contribution in [-0.4, -0.2) is 41.1 Å². The maximum Gasteiger partial charge on any atom is 0.324 e. The minimum atomic E-state index is -0.754. The van der Waals surface area contributed by atoms with Crippen LogP contribution < -0.4 is 4.90 Å². The zero-order valence-electron chi connectivity index (χ0n) is 14.5. The summed E-state index contributed by atoms with van der Waals surface area (Å²) >= 11 is 0. The largest absolute Gasteiger partial charge is 0.481 e. The predicted octanol–water partition coefficient (Wildman–Crippen LogP) is 3.62. The Labute approximate surface area is 143 Å². The molecule has 0 unspecified atom stereocenters. The van der Waals surface area contributed by atoms with Crippen molar-refractivity contribution in [2.45, 2.75) is 57.4 Å². The van der Waals surface area contributed by atoms with Crippen LogP contribution >= 0.6 is 0 Å². The van der Waals surface area contributed by atoms with Crippen molar-refractivity contribution in [3.8, 4) is 0 Å². The van der Waals surface area contributed by atoms with Gasteiger partial charge in [0, 0.05) is 24.8 Å². The Morgan fingerprint density at radius 2 is 1.71 bits per heavy atom. The van der Waals surface area contributed by atoms with Gasteiger partial charge < -0.3 is 10.0 Å². The van der Waals surface area contributed by atoms with Crippen LogP contribution in [0.5, 0.6) is 0 Å². The Kier molecular flexibility index (Phi) is 4.52. The van der Waals surface area contributed by atoms with Crippen molar-refractivity contribution in [2.75, 3.05) is 18.0 Å². The fraction of sp³-hybridized carbons (Fsp3) is 0.579. The van der Waals surface area contributed by atoms with Gasteiger partial charge in [-0.25, -0.2) is 4.79 Å². The molecule has 0 spiro atoms. The molecule has 0 radical (unpaired) electrons. The van der Waals surface area contributed by atoms with Crippen LogP contribution in [0.15, 0.2) is 24.3 Å². The molecule has 0 aromatic heterocycles. The lowest BCUT2D eigenvalue weighted by molar-refractivity contribution is -0.145. The molecule has 2 fully saturated rings. The zero-order valence-corrected chi connectivity index (χ0v) is 14.5. The first-order chi connectivity index (χ1) is 11.5. The van der Waals surface area contributed by atoms with E-state index in [4.69, 9.17) is 0 Å². The van der Waals surface area contributed by atoms with Gasteiger partial charge in [0.05, 0.1) is 5.41 Å². The molecule has 1 saturated heterocycles. The van der Waals surface area contributed by atoms with E-state index >= 15 is 0 Å². The number of carboxylic acid groups (broad SMARTS) is 1. The number of urea groups is 1. The van der Waals surface area contributed by atoms with Crippen molar-refractivity contribution < 1.29 is 14.7 Å². The molecule has 1 aliphatic heterocycles. The third kappa shape index (κ3) is 2.76. The van der Waals surface area contributed by atoms with Crippen LogP contribution in [0, 0.1) is 0 Å². The van der Waals surface area contributed by atoms with Crippen molar-refractivity contribution in [1.82, 2.24) is 4.90 Å². The summed E-state index contributed by atoms with van der Waals surface area (Å²) in [5, 5.41) is 9.79. The van der Waals surface area contributed by atoms with Gasteiger partial charge in [0.15, 0.2) is 0 Å². The average molecular weight is 330 g/mol. The van der Waals surface area contributed by atoms with Crippen LogP contribution in [0.3, 0.4) is 0 Å². The second kappa shape index (κ2) is 6.46. The van der Waals surface area contributed by atoms with Crippen LogP contribution in [0.25, 0.3) is 0 Å². The van der Waals surface area contributed by atoms with Crippen molar-refractivity contribution in [3.63, 3.8) is 0 Å². The highest BCUT2D eigenvalue weighted by Crippen LogP contribution is 2.40. The normalized spacial score (nSPS) is 20.7. The first-order valence-corrected chi connectivity index (χ1v) is 8.88. The van der Waals surface area contributed by atoms with Gasteiger partial charge in [0.25, 0.3) is 0 Å².